The van der Waals surface area contributed by atoms with Gasteiger partial charge in [0, 0.05) is 18.7 Å². The number of carbonyl (C=O) groups is 2. The number of carbonyl (C=O) groups excluding carboxylic acids is 2. The minimum absolute atomic E-state index is 0.0677. The molecule has 4 rings (SSSR count). The third kappa shape index (κ3) is 4.68. The van der Waals surface area contributed by atoms with E-state index in [0.717, 1.165) is 42.8 Å². The zero-order valence-electron chi connectivity index (χ0n) is 18.0. The van der Waals surface area contributed by atoms with Crippen LogP contribution in [0.15, 0.2) is 54.6 Å². The standard InChI is InChI=1S/C25H27N3O3/c1-18-23(19(2)28(26-18)16-20-8-4-3-5-9-20)25(30)31-17-21-10-12-22(13-11-21)24(29)27-14-6-7-15-27/h3-5,8-13H,6-7,14-17H2,1-2H3. The molecule has 1 fully saturated rings. The summed E-state index contributed by atoms with van der Waals surface area (Å²) in [6, 6.07) is 17.3. The van der Waals surface area contributed by atoms with Gasteiger partial charge in [0.25, 0.3) is 5.91 Å². The predicted octanol–water partition coefficient (Wildman–Crippen LogP) is 4.14. The van der Waals surface area contributed by atoms with Crippen LogP contribution in [0, 0.1) is 13.8 Å². The van der Waals surface area contributed by atoms with Gasteiger partial charge >= 0.3 is 5.97 Å². The fraction of sp³-hybridized carbons (Fsp3) is 0.320. The topological polar surface area (TPSA) is 64.4 Å². The van der Waals surface area contributed by atoms with E-state index in [-0.39, 0.29) is 18.5 Å². The Balaban J connectivity index is 1.39. The van der Waals surface area contributed by atoms with Crippen LogP contribution in [0.5, 0.6) is 0 Å². The van der Waals surface area contributed by atoms with E-state index in [9.17, 15) is 9.59 Å². The molecule has 1 aromatic heterocycles. The smallest absolute Gasteiger partial charge is 0.342 e. The number of ether oxygens (including phenoxy) is 1. The Morgan fingerprint density at radius 2 is 1.61 bits per heavy atom. The SMILES string of the molecule is Cc1nn(Cc2ccccc2)c(C)c1C(=O)OCc1ccc(C(=O)N2CCCC2)cc1. The van der Waals surface area contributed by atoms with Crippen molar-refractivity contribution >= 4 is 11.9 Å². The average molecular weight is 418 g/mol. The van der Waals surface area contributed by atoms with Crippen molar-refractivity contribution in [3.63, 3.8) is 0 Å². The van der Waals surface area contributed by atoms with Crippen molar-refractivity contribution in [3.8, 4) is 0 Å². The van der Waals surface area contributed by atoms with Crippen LogP contribution in [0.4, 0.5) is 0 Å². The largest absolute Gasteiger partial charge is 0.457 e. The average Bonchev–Trinajstić information content (AvgIpc) is 3.41. The quantitative estimate of drug-likeness (QED) is 0.566. The first-order valence-corrected chi connectivity index (χ1v) is 10.7. The summed E-state index contributed by atoms with van der Waals surface area (Å²) >= 11 is 0. The Hall–Kier alpha value is -3.41. The molecule has 1 aliphatic rings. The van der Waals surface area contributed by atoms with Gasteiger partial charge in [-0.2, -0.15) is 5.10 Å². The number of hydrogen-bond acceptors (Lipinski definition) is 4. The van der Waals surface area contributed by atoms with Crippen LogP contribution in [0.2, 0.25) is 0 Å². The molecule has 160 valence electrons. The molecule has 0 bridgehead atoms. The molecule has 0 N–H and O–H groups in total. The molecule has 3 aromatic rings. The van der Waals surface area contributed by atoms with Gasteiger partial charge in [-0.15, -0.1) is 0 Å². The molecule has 0 aliphatic carbocycles. The number of nitrogens with zero attached hydrogens (tertiary/aromatic N) is 3. The van der Waals surface area contributed by atoms with Gasteiger partial charge in [-0.1, -0.05) is 42.5 Å². The molecule has 31 heavy (non-hydrogen) atoms. The Kier molecular flexibility index (Phi) is 6.16. The summed E-state index contributed by atoms with van der Waals surface area (Å²) in [4.78, 5) is 27.1. The van der Waals surface area contributed by atoms with Crippen LogP contribution in [0.3, 0.4) is 0 Å². The molecule has 0 atom stereocenters. The first-order valence-electron chi connectivity index (χ1n) is 10.7. The zero-order valence-corrected chi connectivity index (χ0v) is 18.0. The van der Waals surface area contributed by atoms with Gasteiger partial charge in [0.15, 0.2) is 0 Å². The zero-order chi connectivity index (χ0) is 21.8. The number of aromatic nitrogens is 2. The third-order valence-electron chi connectivity index (χ3n) is 5.72. The van der Waals surface area contributed by atoms with Gasteiger partial charge in [0.2, 0.25) is 0 Å². The van der Waals surface area contributed by atoms with Crippen LogP contribution in [0.1, 0.15) is 56.1 Å². The lowest BCUT2D eigenvalue weighted by atomic mass is 10.1. The Labute approximate surface area is 182 Å². The fourth-order valence-corrected chi connectivity index (χ4v) is 3.97. The van der Waals surface area contributed by atoms with Crippen LogP contribution in [0.25, 0.3) is 0 Å². The number of esters is 1. The fourth-order valence-electron chi connectivity index (χ4n) is 3.97. The van der Waals surface area contributed by atoms with E-state index in [1.54, 1.807) is 12.1 Å². The molecule has 0 saturated carbocycles. The Morgan fingerprint density at radius 3 is 2.29 bits per heavy atom. The second kappa shape index (κ2) is 9.16. The van der Waals surface area contributed by atoms with Gasteiger partial charge in [-0.25, -0.2) is 4.79 Å². The number of hydrogen-bond donors (Lipinski definition) is 0. The van der Waals surface area contributed by atoms with E-state index in [0.29, 0.717) is 23.4 Å². The van der Waals surface area contributed by atoms with E-state index in [4.69, 9.17) is 4.74 Å². The lowest BCUT2D eigenvalue weighted by Gasteiger charge is -2.15. The van der Waals surface area contributed by atoms with Gasteiger partial charge in [0.05, 0.1) is 17.9 Å². The number of benzene rings is 2. The highest BCUT2D eigenvalue weighted by Gasteiger charge is 2.21. The van der Waals surface area contributed by atoms with Crippen molar-refractivity contribution in [1.82, 2.24) is 14.7 Å². The molecule has 6 heteroatoms. The van der Waals surface area contributed by atoms with Crippen LogP contribution in [-0.4, -0.2) is 39.6 Å². The highest BCUT2D eigenvalue weighted by molar-refractivity contribution is 5.94. The summed E-state index contributed by atoms with van der Waals surface area (Å²) in [5.74, 6) is -0.315. The van der Waals surface area contributed by atoms with Crippen molar-refractivity contribution < 1.29 is 14.3 Å². The van der Waals surface area contributed by atoms with Gasteiger partial charge in [-0.3, -0.25) is 9.48 Å². The second-order valence-electron chi connectivity index (χ2n) is 7.96. The normalized spacial score (nSPS) is 13.4. The van der Waals surface area contributed by atoms with Crippen molar-refractivity contribution in [2.45, 2.75) is 39.8 Å². The van der Waals surface area contributed by atoms with E-state index in [2.05, 4.69) is 5.10 Å². The first kappa shape index (κ1) is 20.8. The minimum atomic E-state index is -0.383. The van der Waals surface area contributed by atoms with Gasteiger partial charge < -0.3 is 9.64 Å². The van der Waals surface area contributed by atoms with E-state index in [1.807, 2.05) is 65.9 Å². The van der Waals surface area contributed by atoms with Crippen molar-refractivity contribution in [2.24, 2.45) is 0 Å². The van der Waals surface area contributed by atoms with E-state index < -0.39 is 0 Å². The van der Waals surface area contributed by atoms with Crippen molar-refractivity contribution in [2.75, 3.05) is 13.1 Å². The maximum atomic E-state index is 12.7. The lowest BCUT2D eigenvalue weighted by molar-refractivity contribution is 0.0470. The molecule has 0 radical (unpaired) electrons. The molecule has 1 saturated heterocycles. The summed E-state index contributed by atoms with van der Waals surface area (Å²) < 4.78 is 7.39. The molecular weight excluding hydrogens is 390 g/mol. The van der Waals surface area contributed by atoms with Crippen LogP contribution >= 0.6 is 0 Å². The Bertz CT molecular complexity index is 1070. The molecule has 2 heterocycles. The summed E-state index contributed by atoms with van der Waals surface area (Å²) in [7, 11) is 0. The predicted molar refractivity (Wildman–Crippen MR) is 118 cm³/mol. The second-order valence-corrected chi connectivity index (χ2v) is 7.96. The number of amides is 1. The molecular formula is C25H27N3O3. The molecule has 1 aliphatic heterocycles. The molecule has 1 amide bonds. The van der Waals surface area contributed by atoms with Crippen LogP contribution in [-0.2, 0) is 17.9 Å². The van der Waals surface area contributed by atoms with Crippen LogP contribution < -0.4 is 0 Å². The molecule has 0 spiro atoms. The highest BCUT2D eigenvalue weighted by Crippen LogP contribution is 2.18. The minimum Gasteiger partial charge on any atom is -0.457 e. The van der Waals surface area contributed by atoms with Gasteiger partial charge in [0.1, 0.15) is 12.2 Å². The van der Waals surface area contributed by atoms with Crippen molar-refractivity contribution in [3.05, 3.63) is 88.2 Å². The van der Waals surface area contributed by atoms with E-state index in [1.165, 1.54) is 0 Å². The van der Waals surface area contributed by atoms with E-state index >= 15 is 0 Å². The highest BCUT2D eigenvalue weighted by atomic mass is 16.5. The first-order chi connectivity index (χ1) is 15.0. The molecule has 0 unspecified atom stereocenters. The van der Waals surface area contributed by atoms with Crippen molar-refractivity contribution in [1.29, 1.82) is 0 Å². The number of likely N-dealkylation sites (tertiary alicyclic amines) is 1. The maximum Gasteiger partial charge on any atom is 0.342 e. The lowest BCUT2D eigenvalue weighted by Crippen LogP contribution is -2.27. The maximum absolute atomic E-state index is 12.7. The summed E-state index contributed by atoms with van der Waals surface area (Å²) in [5.41, 5.74) is 4.60. The summed E-state index contributed by atoms with van der Waals surface area (Å²) in [5, 5.41) is 4.52. The monoisotopic (exact) mass is 417 g/mol. The summed E-state index contributed by atoms with van der Waals surface area (Å²) in [6.07, 6.45) is 2.14. The summed E-state index contributed by atoms with van der Waals surface area (Å²) in [6.45, 7) is 6.12. The molecule has 6 nitrogen and oxygen atoms in total. The third-order valence-corrected chi connectivity index (χ3v) is 5.72. The molecule has 2 aromatic carbocycles. The Morgan fingerprint density at radius 1 is 0.935 bits per heavy atom. The number of rotatable bonds is 6. The number of aryl methyl sites for hydroxylation is 1. The van der Waals surface area contributed by atoms with Gasteiger partial charge in [-0.05, 0) is 49.9 Å².